The van der Waals surface area contributed by atoms with Gasteiger partial charge in [-0.05, 0) is 24.6 Å². The summed E-state index contributed by atoms with van der Waals surface area (Å²) in [6.45, 7) is 3.39. The normalized spacial score (nSPS) is 23.6. The standard InChI is InChI=1S/C11H14N2O2S/c1-8(14)16-11-2-4-12-7-9(11)6-10-3-5-15-13-10/h3,5-6,11-12H,2,4,7H2,1H3/b9-6-. The summed E-state index contributed by atoms with van der Waals surface area (Å²) < 4.78 is 4.78. The minimum atomic E-state index is 0.165. The second-order valence-electron chi connectivity index (χ2n) is 3.71. The van der Waals surface area contributed by atoms with E-state index in [4.69, 9.17) is 4.52 Å². The summed E-state index contributed by atoms with van der Waals surface area (Å²) in [5, 5.41) is 7.59. The molecule has 1 aliphatic heterocycles. The molecule has 1 unspecified atom stereocenters. The Morgan fingerprint density at radius 2 is 2.62 bits per heavy atom. The molecule has 2 rings (SSSR count). The van der Waals surface area contributed by atoms with E-state index >= 15 is 0 Å². The van der Waals surface area contributed by atoms with E-state index in [-0.39, 0.29) is 10.4 Å². The molecule has 1 N–H and O–H groups in total. The van der Waals surface area contributed by atoms with Crippen LogP contribution in [0.15, 0.2) is 22.4 Å². The van der Waals surface area contributed by atoms with E-state index < -0.39 is 0 Å². The number of piperidine rings is 1. The molecule has 0 spiro atoms. The summed E-state index contributed by atoms with van der Waals surface area (Å²) >= 11 is 1.40. The lowest BCUT2D eigenvalue weighted by Crippen LogP contribution is -2.32. The number of thioether (sulfide) groups is 1. The Morgan fingerprint density at radius 3 is 3.31 bits per heavy atom. The maximum absolute atomic E-state index is 11.1. The van der Waals surface area contributed by atoms with Crippen LogP contribution in [0, 0.1) is 0 Å². The summed E-state index contributed by atoms with van der Waals surface area (Å²) in [6.07, 6.45) is 4.53. The van der Waals surface area contributed by atoms with Crippen LogP contribution < -0.4 is 5.32 Å². The topological polar surface area (TPSA) is 55.1 Å². The van der Waals surface area contributed by atoms with Crippen LogP contribution in [0.4, 0.5) is 0 Å². The Kier molecular flexibility index (Phi) is 3.79. The molecule has 1 aromatic rings. The fourth-order valence-electron chi connectivity index (χ4n) is 1.73. The lowest BCUT2D eigenvalue weighted by molar-refractivity contribution is -0.109. The van der Waals surface area contributed by atoms with E-state index in [0.717, 1.165) is 25.2 Å². The first kappa shape index (κ1) is 11.4. The Hall–Kier alpha value is -1.07. The minimum absolute atomic E-state index is 0.165. The van der Waals surface area contributed by atoms with Gasteiger partial charge in [-0.2, -0.15) is 0 Å². The number of nitrogens with one attached hydrogen (secondary N) is 1. The Balaban J connectivity index is 2.12. The molecule has 0 saturated carbocycles. The highest BCUT2D eigenvalue weighted by atomic mass is 32.2. The van der Waals surface area contributed by atoms with Crippen LogP contribution >= 0.6 is 11.8 Å². The second-order valence-corrected chi connectivity index (χ2v) is 5.09. The van der Waals surface area contributed by atoms with Gasteiger partial charge in [0.15, 0.2) is 5.12 Å². The molecule has 86 valence electrons. The third-order valence-electron chi connectivity index (χ3n) is 2.43. The second kappa shape index (κ2) is 5.32. The number of hydrogen-bond donors (Lipinski definition) is 1. The Bertz CT molecular complexity index is 387. The lowest BCUT2D eigenvalue weighted by Gasteiger charge is -2.24. The van der Waals surface area contributed by atoms with Crippen molar-refractivity contribution < 1.29 is 9.32 Å². The van der Waals surface area contributed by atoms with Gasteiger partial charge in [-0.15, -0.1) is 0 Å². The highest BCUT2D eigenvalue weighted by Crippen LogP contribution is 2.26. The largest absolute Gasteiger partial charge is 0.364 e. The van der Waals surface area contributed by atoms with Crippen molar-refractivity contribution in [3.05, 3.63) is 23.6 Å². The number of aromatic nitrogens is 1. The Labute approximate surface area is 98.5 Å². The first-order valence-corrected chi connectivity index (χ1v) is 6.12. The van der Waals surface area contributed by atoms with E-state index in [1.165, 1.54) is 17.3 Å². The summed E-state index contributed by atoms with van der Waals surface area (Å²) in [7, 11) is 0. The molecule has 1 fully saturated rings. The summed E-state index contributed by atoms with van der Waals surface area (Å²) in [4.78, 5) is 11.1. The van der Waals surface area contributed by atoms with Gasteiger partial charge in [0.25, 0.3) is 0 Å². The molecule has 1 aliphatic rings. The average Bonchev–Trinajstić information content (AvgIpc) is 2.73. The third kappa shape index (κ3) is 2.96. The van der Waals surface area contributed by atoms with Gasteiger partial charge in [0.05, 0.1) is 0 Å². The molecule has 1 atom stereocenters. The van der Waals surface area contributed by atoms with Crippen LogP contribution in [0.1, 0.15) is 19.0 Å². The molecular formula is C11H14N2O2S. The van der Waals surface area contributed by atoms with Crippen molar-refractivity contribution in [2.24, 2.45) is 0 Å². The summed E-state index contributed by atoms with van der Waals surface area (Å²) in [5.74, 6) is 0. The van der Waals surface area contributed by atoms with Crippen molar-refractivity contribution in [3.63, 3.8) is 0 Å². The van der Waals surface area contributed by atoms with Gasteiger partial charge in [-0.1, -0.05) is 16.9 Å². The first-order chi connectivity index (χ1) is 7.75. The van der Waals surface area contributed by atoms with Crippen molar-refractivity contribution in [1.29, 1.82) is 0 Å². The lowest BCUT2D eigenvalue weighted by atomic mass is 10.0. The predicted octanol–water partition coefficient (Wildman–Crippen LogP) is 1.70. The molecule has 0 aromatic carbocycles. The molecule has 16 heavy (non-hydrogen) atoms. The molecular weight excluding hydrogens is 224 g/mol. The highest BCUT2D eigenvalue weighted by Gasteiger charge is 2.20. The van der Waals surface area contributed by atoms with Gasteiger partial charge in [0, 0.05) is 24.8 Å². The van der Waals surface area contributed by atoms with Gasteiger partial charge < -0.3 is 9.84 Å². The van der Waals surface area contributed by atoms with Crippen molar-refractivity contribution >= 4 is 23.0 Å². The average molecular weight is 238 g/mol. The van der Waals surface area contributed by atoms with E-state index in [0.29, 0.717) is 0 Å². The van der Waals surface area contributed by atoms with Crippen molar-refractivity contribution in [2.75, 3.05) is 13.1 Å². The van der Waals surface area contributed by atoms with Gasteiger partial charge >= 0.3 is 0 Å². The minimum Gasteiger partial charge on any atom is -0.364 e. The first-order valence-electron chi connectivity index (χ1n) is 5.24. The van der Waals surface area contributed by atoms with Gasteiger partial charge in [0.2, 0.25) is 0 Å². The zero-order chi connectivity index (χ0) is 11.4. The molecule has 0 aliphatic carbocycles. The van der Waals surface area contributed by atoms with Crippen molar-refractivity contribution in [3.8, 4) is 0 Å². The molecule has 2 heterocycles. The number of hydrogen-bond acceptors (Lipinski definition) is 5. The maximum atomic E-state index is 11.1. The fourth-order valence-corrected chi connectivity index (χ4v) is 2.67. The molecule has 5 heteroatoms. The van der Waals surface area contributed by atoms with Crippen LogP contribution in [-0.2, 0) is 4.79 Å². The number of rotatable bonds is 2. The molecule has 0 amide bonds. The van der Waals surface area contributed by atoms with Crippen molar-refractivity contribution in [2.45, 2.75) is 18.6 Å². The van der Waals surface area contributed by atoms with Crippen LogP contribution in [0.2, 0.25) is 0 Å². The molecule has 1 aromatic heterocycles. The van der Waals surface area contributed by atoms with E-state index in [2.05, 4.69) is 10.5 Å². The monoisotopic (exact) mass is 238 g/mol. The highest BCUT2D eigenvalue weighted by molar-refractivity contribution is 8.14. The van der Waals surface area contributed by atoms with Crippen LogP contribution in [0.5, 0.6) is 0 Å². The number of nitrogens with zero attached hydrogens (tertiary/aromatic N) is 1. The quantitative estimate of drug-likeness (QED) is 0.850. The van der Waals surface area contributed by atoms with Crippen LogP contribution in [0.3, 0.4) is 0 Å². The maximum Gasteiger partial charge on any atom is 0.186 e. The number of carbonyl (C=O) groups is 1. The van der Waals surface area contributed by atoms with Gasteiger partial charge in [-0.3, -0.25) is 4.79 Å². The SMILES string of the molecule is CC(=O)SC1CCNC/C1=C/c1ccon1. The predicted molar refractivity (Wildman–Crippen MR) is 64.0 cm³/mol. The zero-order valence-corrected chi connectivity index (χ0v) is 9.92. The molecule has 0 radical (unpaired) electrons. The summed E-state index contributed by atoms with van der Waals surface area (Å²) in [6, 6.07) is 1.82. The zero-order valence-electron chi connectivity index (χ0n) is 9.10. The van der Waals surface area contributed by atoms with Gasteiger partial charge in [0.1, 0.15) is 12.0 Å². The van der Waals surface area contributed by atoms with Crippen LogP contribution in [-0.4, -0.2) is 28.6 Å². The van der Waals surface area contributed by atoms with Gasteiger partial charge in [-0.25, -0.2) is 0 Å². The fraction of sp³-hybridized carbons (Fsp3) is 0.455. The van der Waals surface area contributed by atoms with Crippen LogP contribution in [0.25, 0.3) is 6.08 Å². The van der Waals surface area contributed by atoms with E-state index in [1.54, 1.807) is 13.2 Å². The number of carbonyl (C=O) groups excluding carboxylic acids is 1. The smallest absolute Gasteiger partial charge is 0.186 e. The molecule has 4 nitrogen and oxygen atoms in total. The summed E-state index contributed by atoms with van der Waals surface area (Å²) in [5.41, 5.74) is 2.02. The molecule has 0 bridgehead atoms. The van der Waals surface area contributed by atoms with Crippen molar-refractivity contribution in [1.82, 2.24) is 10.5 Å². The van der Waals surface area contributed by atoms with E-state index in [1.807, 2.05) is 12.1 Å². The molecule has 1 saturated heterocycles. The van der Waals surface area contributed by atoms with E-state index in [9.17, 15) is 4.79 Å². The Morgan fingerprint density at radius 1 is 1.75 bits per heavy atom. The third-order valence-corrected chi connectivity index (χ3v) is 3.58.